The third-order valence-electron chi connectivity index (χ3n) is 3.49. The molecule has 1 fully saturated rings. The molecule has 4 nitrogen and oxygen atoms in total. The molecule has 1 aliphatic rings. The molecule has 5 heteroatoms. The van der Waals surface area contributed by atoms with Crippen LogP contribution in [-0.2, 0) is 0 Å². The Bertz CT molecular complexity index is 421. The molecule has 1 aromatic heterocycles. The maximum absolute atomic E-state index is 6.23. The van der Waals surface area contributed by atoms with Crippen molar-refractivity contribution in [3.63, 3.8) is 0 Å². The molecular formula is C13H21ClN4. The van der Waals surface area contributed by atoms with Crippen LogP contribution in [0.5, 0.6) is 0 Å². The monoisotopic (exact) mass is 268 g/mol. The van der Waals surface area contributed by atoms with E-state index in [0.717, 1.165) is 31.0 Å². The lowest BCUT2D eigenvalue weighted by molar-refractivity contribution is 0.274. The average molecular weight is 269 g/mol. The summed E-state index contributed by atoms with van der Waals surface area (Å²) in [6.45, 7) is 9.60. The molecule has 0 radical (unpaired) electrons. The zero-order valence-corrected chi connectivity index (χ0v) is 12.3. The molecule has 1 saturated heterocycles. The Morgan fingerprint density at radius 2 is 2.06 bits per heavy atom. The van der Waals surface area contributed by atoms with E-state index >= 15 is 0 Å². The Hall–Kier alpha value is -0.870. The lowest BCUT2D eigenvalue weighted by atomic mass is 10.0. The van der Waals surface area contributed by atoms with Gasteiger partial charge in [0.25, 0.3) is 0 Å². The summed E-state index contributed by atoms with van der Waals surface area (Å²) in [5.41, 5.74) is 1.07. The number of likely N-dealkylation sites (N-methyl/N-ethyl adjacent to an activating group) is 1. The lowest BCUT2D eigenvalue weighted by Gasteiger charge is -2.40. The van der Waals surface area contributed by atoms with Gasteiger partial charge >= 0.3 is 0 Å². The summed E-state index contributed by atoms with van der Waals surface area (Å²) >= 11 is 6.23. The maximum atomic E-state index is 6.23. The quantitative estimate of drug-likeness (QED) is 0.771. The number of hydrogen-bond acceptors (Lipinski definition) is 4. The molecule has 0 saturated carbocycles. The molecule has 100 valence electrons. The number of halogens is 1. The number of anilines is 1. The van der Waals surface area contributed by atoms with Gasteiger partial charge in [-0.25, -0.2) is 9.97 Å². The zero-order valence-electron chi connectivity index (χ0n) is 11.5. The fourth-order valence-corrected chi connectivity index (χ4v) is 2.89. The van der Waals surface area contributed by atoms with Crippen LogP contribution >= 0.6 is 11.6 Å². The fourth-order valence-electron chi connectivity index (χ4n) is 2.55. The predicted octanol–water partition coefficient (Wildman–Crippen LogP) is 2.39. The second-order valence-electron chi connectivity index (χ2n) is 5.36. The predicted molar refractivity (Wildman–Crippen MR) is 75.4 cm³/mol. The molecule has 2 heterocycles. The number of rotatable bonds is 2. The topological polar surface area (TPSA) is 32.3 Å². The normalized spacial score (nSPS) is 21.7. The van der Waals surface area contributed by atoms with Crippen LogP contribution in [0.2, 0.25) is 5.15 Å². The van der Waals surface area contributed by atoms with Gasteiger partial charge in [0, 0.05) is 31.2 Å². The van der Waals surface area contributed by atoms with E-state index in [9.17, 15) is 0 Å². The molecule has 0 aliphatic carbocycles. The standard InChI is InChI=1S/C13H21ClN4/c1-9(2)11-12(14)15-8-16-13(11)18-6-5-17(4)7-10(18)3/h8-10H,5-7H2,1-4H3. The highest BCUT2D eigenvalue weighted by Gasteiger charge is 2.26. The second-order valence-corrected chi connectivity index (χ2v) is 5.72. The van der Waals surface area contributed by atoms with Crippen molar-refractivity contribution in [2.75, 3.05) is 31.6 Å². The molecule has 1 unspecified atom stereocenters. The Kier molecular flexibility index (Phi) is 4.07. The summed E-state index contributed by atoms with van der Waals surface area (Å²) in [6, 6.07) is 0.451. The highest BCUT2D eigenvalue weighted by Crippen LogP contribution is 2.32. The Morgan fingerprint density at radius 3 is 2.67 bits per heavy atom. The first-order chi connectivity index (χ1) is 8.50. The largest absolute Gasteiger partial charge is 0.351 e. The van der Waals surface area contributed by atoms with Crippen molar-refractivity contribution in [2.45, 2.75) is 32.7 Å². The molecule has 2 rings (SSSR count). The van der Waals surface area contributed by atoms with Gasteiger partial charge in [-0.05, 0) is 19.9 Å². The minimum atomic E-state index is 0.334. The van der Waals surface area contributed by atoms with Gasteiger partial charge in [0.05, 0.1) is 0 Å². The van der Waals surface area contributed by atoms with Gasteiger partial charge in [-0.2, -0.15) is 0 Å². The molecule has 0 spiro atoms. The molecule has 1 aliphatic heterocycles. The molecule has 0 bridgehead atoms. The maximum Gasteiger partial charge on any atom is 0.138 e. The van der Waals surface area contributed by atoms with E-state index in [-0.39, 0.29) is 0 Å². The summed E-state index contributed by atoms with van der Waals surface area (Å²) in [7, 11) is 2.16. The van der Waals surface area contributed by atoms with Crippen LogP contribution in [0.15, 0.2) is 6.33 Å². The molecule has 0 amide bonds. The average Bonchev–Trinajstić information content (AvgIpc) is 2.28. The van der Waals surface area contributed by atoms with Crippen molar-refractivity contribution in [3.05, 3.63) is 17.0 Å². The van der Waals surface area contributed by atoms with Gasteiger partial charge in [-0.15, -0.1) is 0 Å². The molecular weight excluding hydrogens is 248 g/mol. The lowest BCUT2D eigenvalue weighted by Crippen LogP contribution is -2.51. The SMILES string of the molecule is CC(C)c1c(Cl)ncnc1N1CCN(C)CC1C. The van der Waals surface area contributed by atoms with E-state index in [0.29, 0.717) is 17.1 Å². The van der Waals surface area contributed by atoms with Crippen LogP contribution < -0.4 is 4.90 Å². The third kappa shape index (κ3) is 2.59. The second kappa shape index (κ2) is 5.41. The van der Waals surface area contributed by atoms with Crippen molar-refractivity contribution in [3.8, 4) is 0 Å². The first-order valence-electron chi connectivity index (χ1n) is 6.46. The van der Waals surface area contributed by atoms with Crippen LogP contribution in [-0.4, -0.2) is 47.6 Å². The van der Waals surface area contributed by atoms with Crippen LogP contribution in [0.1, 0.15) is 32.3 Å². The van der Waals surface area contributed by atoms with Gasteiger partial charge in [-0.3, -0.25) is 0 Å². The van der Waals surface area contributed by atoms with Gasteiger partial charge < -0.3 is 9.80 Å². The van der Waals surface area contributed by atoms with Crippen molar-refractivity contribution >= 4 is 17.4 Å². The molecule has 0 N–H and O–H groups in total. The van der Waals surface area contributed by atoms with Crippen molar-refractivity contribution in [1.29, 1.82) is 0 Å². The molecule has 18 heavy (non-hydrogen) atoms. The summed E-state index contributed by atoms with van der Waals surface area (Å²) in [4.78, 5) is 13.3. The smallest absolute Gasteiger partial charge is 0.138 e. The zero-order chi connectivity index (χ0) is 13.3. The van der Waals surface area contributed by atoms with E-state index < -0.39 is 0 Å². The van der Waals surface area contributed by atoms with E-state index in [1.807, 2.05) is 0 Å². The van der Waals surface area contributed by atoms with Gasteiger partial charge in [0.15, 0.2) is 0 Å². The van der Waals surface area contributed by atoms with Crippen molar-refractivity contribution in [1.82, 2.24) is 14.9 Å². The molecule has 1 atom stereocenters. The van der Waals surface area contributed by atoms with Crippen molar-refractivity contribution < 1.29 is 0 Å². The Balaban J connectivity index is 2.36. The van der Waals surface area contributed by atoms with Crippen LogP contribution in [0.4, 0.5) is 5.82 Å². The van der Waals surface area contributed by atoms with E-state index in [2.05, 4.69) is 47.6 Å². The minimum absolute atomic E-state index is 0.334. The Morgan fingerprint density at radius 1 is 1.33 bits per heavy atom. The summed E-state index contributed by atoms with van der Waals surface area (Å²) in [6.07, 6.45) is 1.56. The first kappa shape index (κ1) is 13.6. The first-order valence-corrected chi connectivity index (χ1v) is 6.84. The van der Waals surface area contributed by atoms with Crippen molar-refractivity contribution in [2.24, 2.45) is 0 Å². The van der Waals surface area contributed by atoms with E-state index in [4.69, 9.17) is 11.6 Å². The highest BCUT2D eigenvalue weighted by molar-refractivity contribution is 6.30. The van der Waals surface area contributed by atoms with Crippen LogP contribution in [0.3, 0.4) is 0 Å². The van der Waals surface area contributed by atoms with Gasteiger partial charge in [0.1, 0.15) is 17.3 Å². The number of piperazine rings is 1. The number of hydrogen-bond donors (Lipinski definition) is 0. The van der Waals surface area contributed by atoms with E-state index in [1.54, 1.807) is 6.33 Å². The summed E-state index contributed by atoms with van der Waals surface area (Å²) < 4.78 is 0. The van der Waals surface area contributed by atoms with Gasteiger partial charge in [-0.1, -0.05) is 25.4 Å². The van der Waals surface area contributed by atoms with Crippen LogP contribution in [0.25, 0.3) is 0 Å². The van der Waals surface area contributed by atoms with Crippen LogP contribution in [0, 0.1) is 0 Å². The number of nitrogens with zero attached hydrogens (tertiary/aromatic N) is 4. The Labute approximate surface area is 114 Å². The fraction of sp³-hybridized carbons (Fsp3) is 0.692. The highest BCUT2D eigenvalue weighted by atomic mass is 35.5. The molecule has 0 aromatic carbocycles. The van der Waals surface area contributed by atoms with Gasteiger partial charge in [0.2, 0.25) is 0 Å². The number of aromatic nitrogens is 2. The molecule has 1 aromatic rings. The third-order valence-corrected chi connectivity index (χ3v) is 3.80. The summed E-state index contributed by atoms with van der Waals surface area (Å²) in [5, 5.41) is 0.584. The van der Waals surface area contributed by atoms with E-state index in [1.165, 1.54) is 0 Å². The minimum Gasteiger partial charge on any atom is -0.351 e. The summed E-state index contributed by atoms with van der Waals surface area (Å²) in [5.74, 6) is 1.34.